The van der Waals surface area contributed by atoms with Crippen molar-refractivity contribution in [2.24, 2.45) is 0 Å². The van der Waals surface area contributed by atoms with Crippen molar-refractivity contribution in [3.63, 3.8) is 0 Å². The van der Waals surface area contributed by atoms with Gasteiger partial charge in [-0.05, 0) is 41.3 Å². The second kappa shape index (κ2) is 4.83. The van der Waals surface area contributed by atoms with Gasteiger partial charge in [-0.3, -0.25) is 14.5 Å². The first-order valence-corrected chi connectivity index (χ1v) is 8.20. The lowest BCUT2D eigenvalue weighted by atomic mass is 9.73. The molecular weight excluding hydrogens is 310 g/mol. The number of hydrogen-bond acceptors (Lipinski definition) is 6. The molecule has 24 heavy (non-hydrogen) atoms. The van der Waals surface area contributed by atoms with Crippen molar-refractivity contribution in [2.75, 3.05) is 13.3 Å². The van der Waals surface area contributed by atoms with Gasteiger partial charge in [0.2, 0.25) is 6.79 Å². The highest BCUT2D eigenvalue weighted by Gasteiger charge is 2.50. The van der Waals surface area contributed by atoms with Crippen LogP contribution in [0, 0.1) is 0 Å². The Morgan fingerprint density at radius 1 is 1.29 bits per heavy atom. The Bertz CT molecular complexity index is 799. The summed E-state index contributed by atoms with van der Waals surface area (Å²) in [7, 11) is 0. The molecule has 5 rings (SSSR count). The van der Waals surface area contributed by atoms with E-state index in [1.807, 2.05) is 12.1 Å². The molecule has 4 aliphatic rings. The maximum atomic E-state index is 12.6. The molecule has 3 atom stereocenters. The van der Waals surface area contributed by atoms with Crippen molar-refractivity contribution in [2.45, 2.75) is 38.0 Å². The molecule has 6 nitrogen and oxygen atoms in total. The second-order valence-electron chi connectivity index (χ2n) is 6.75. The first-order chi connectivity index (χ1) is 11.6. The van der Waals surface area contributed by atoms with Crippen LogP contribution in [0.25, 0.3) is 0 Å². The third-order valence-corrected chi connectivity index (χ3v) is 5.40. The highest BCUT2D eigenvalue weighted by atomic mass is 16.7. The minimum Gasteiger partial charge on any atom is -0.454 e. The molecule has 0 N–H and O–H groups in total. The van der Waals surface area contributed by atoms with Gasteiger partial charge in [-0.25, -0.2) is 0 Å². The zero-order chi connectivity index (χ0) is 16.4. The van der Waals surface area contributed by atoms with E-state index in [9.17, 15) is 9.59 Å². The summed E-state index contributed by atoms with van der Waals surface area (Å²) in [5.41, 5.74) is 3.30. The van der Waals surface area contributed by atoms with E-state index in [0.717, 1.165) is 42.0 Å². The number of rotatable bonds is 1. The fourth-order valence-electron chi connectivity index (χ4n) is 4.50. The molecule has 3 unspecified atom stereocenters. The number of carbonyl (C=O) groups excluding carboxylic acids is 2. The molecule has 0 bridgehead atoms. The minimum atomic E-state index is -0.767. The van der Waals surface area contributed by atoms with Crippen LogP contribution >= 0.6 is 0 Å². The lowest BCUT2D eigenvalue weighted by Crippen LogP contribution is -2.50. The van der Waals surface area contributed by atoms with Crippen molar-refractivity contribution in [1.29, 1.82) is 0 Å². The Morgan fingerprint density at radius 2 is 2.08 bits per heavy atom. The Morgan fingerprint density at radius 3 is 2.88 bits per heavy atom. The van der Waals surface area contributed by atoms with Crippen LogP contribution in [-0.4, -0.2) is 42.1 Å². The normalized spacial score (nSPS) is 29.8. The lowest BCUT2D eigenvalue weighted by molar-refractivity contribution is -0.154. The average Bonchev–Trinajstić information content (AvgIpc) is 3.15. The molecule has 6 heteroatoms. The average molecular weight is 327 g/mol. The van der Waals surface area contributed by atoms with Gasteiger partial charge in [0.05, 0.1) is 0 Å². The summed E-state index contributed by atoms with van der Waals surface area (Å²) < 4.78 is 16.4. The molecule has 1 aromatic carbocycles. The van der Waals surface area contributed by atoms with E-state index in [2.05, 4.69) is 4.90 Å². The van der Waals surface area contributed by atoms with E-state index in [0.29, 0.717) is 5.75 Å². The first kappa shape index (κ1) is 14.0. The fraction of sp³-hybridized carbons (Fsp3) is 0.444. The number of nitrogens with zero attached hydrogens (tertiary/aromatic N) is 1. The van der Waals surface area contributed by atoms with E-state index in [1.54, 1.807) is 6.08 Å². The largest absolute Gasteiger partial charge is 0.454 e. The highest BCUT2D eigenvalue weighted by Crippen LogP contribution is 2.49. The molecule has 1 fully saturated rings. The quantitative estimate of drug-likeness (QED) is 0.729. The van der Waals surface area contributed by atoms with Crippen LogP contribution in [0.2, 0.25) is 0 Å². The van der Waals surface area contributed by atoms with Gasteiger partial charge in [-0.2, -0.15) is 0 Å². The van der Waals surface area contributed by atoms with Gasteiger partial charge < -0.3 is 14.2 Å². The van der Waals surface area contributed by atoms with Crippen LogP contribution < -0.4 is 9.47 Å². The van der Waals surface area contributed by atoms with Crippen LogP contribution in [0.5, 0.6) is 11.5 Å². The summed E-state index contributed by atoms with van der Waals surface area (Å²) in [4.78, 5) is 26.5. The summed E-state index contributed by atoms with van der Waals surface area (Å²) in [5.74, 6) is 0.720. The van der Waals surface area contributed by atoms with Crippen LogP contribution in [-0.2, 0) is 20.9 Å². The fourth-order valence-corrected chi connectivity index (χ4v) is 4.50. The van der Waals surface area contributed by atoms with Crippen LogP contribution in [0.3, 0.4) is 0 Å². The van der Waals surface area contributed by atoms with Crippen LogP contribution in [0.15, 0.2) is 23.8 Å². The number of ether oxygens (including phenoxy) is 3. The Hall–Kier alpha value is -2.34. The van der Waals surface area contributed by atoms with Gasteiger partial charge in [-0.15, -0.1) is 0 Å². The van der Waals surface area contributed by atoms with Crippen molar-refractivity contribution in [1.82, 2.24) is 4.90 Å². The van der Waals surface area contributed by atoms with Gasteiger partial charge in [0.25, 0.3) is 0 Å². The molecule has 124 valence electrons. The number of ketones is 1. The van der Waals surface area contributed by atoms with E-state index in [-0.39, 0.29) is 24.5 Å². The maximum Gasteiger partial charge on any atom is 0.303 e. The minimum absolute atomic E-state index is 0.117. The summed E-state index contributed by atoms with van der Waals surface area (Å²) >= 11 is 0. The lowest BCUT2D eigenvalue weighted by Gasteiger charge is -2.43. The molecule has 0 saturated carbocycles. The number of benzene rings is 1. The smallest absolute Gasteiger partial charge is 0.303 e. The van der Waals surface area contributed by atoms with Gasteiger partial charge in [-0.1, -0.05) is 0 Å². The molecule has 1 aliphatic carbocycles. The third kappa shape index (κ3) is 1.86. The molecular formula is C18H17NO5. The summed E-state index contributed by atoms with van der Waals surface area (Å²) in [5, 5.41) is 0. The highest BCUT2D eigenvalue weighted by molar-refractivity contribution is 5.98. The van der Waals surface area contributed by atoms with Crippen molar-refractivity contribution in [3.8, 4) is 11.5 Å². The summed E-state index contributed by atoms with van der Waals surface area (Å²) in [6, 6.07) is 4.09. The summed E-state index contributed by atoms with van der Waals surface area (Å²) in [6.07, 6.45) is 1.81. The first-order valence-electron chi connectivity index (χ1n) is 8.20. The van der Waals surface area contributed by atoms with Crippen molar-refractivity contribution in [3.05, 3.63) is 34.9 Å². The molecule has 0 amide bonds. The Labute approximate surface area is 139 Å². The second-order valence-corrected chi connectivity index (χ2v) is 6.75. The molecule has 0 spiro atoms. The van der Waals surface area contributed by atoms with Crippen molar-refractivity contribution < 1.29 is 23.8 Å². The zero-order valence-corrected chi connectivity index (χ0v) is 13.3. The number of carbonyl (C=O) groups is 2. The van der Waals surface area contributed by atoms with Crippen molar-refractivity contribution >= 4 is 11.8 Å². The molecule has 3 aliphatic heterocycles. The van der Waals surface area contributed by atoms with E-state index in [1.165, 1.54) is 6.92 Å². The predicted octanol–water partition coefficient (Wildman–Crippen LogP) is 1.53. The zero-order valence-electron chi connectivity index (χ0n) is 13.3. The molecule has 1 aromatic rings. The SMILES string of the molecule is CC(=O)OC1C(=O)C=C2CCN3Cc4cc5c(cc4C1C23)OCO5. The standard InChI is InChI=1S/C18H17NO5/c1-9(20)24-18-13(21)4-10-2-3-19-7-11-5-14-15(23-8-22-14)6-12(11)16(18)17(10)19/h4-6,16-18H,2-3,7-8H2,1H3. The predicted molar refractivity (Wildman–Crippen MR) is 82.8 cm³/mol. The Balaban J connectivity index is 1.68. The molecule has 0 radical (unpaired) electrons. The van der Waals surface area contributed by atoms with Gasteiger partial charge in [0.1, 0.15) is 0 Å². The summed E-state index contributed by atoms with van der Waals surface area (Å²) in [6.45, 7) is 3.29. The van der Waals surface area contributed by atoms with Gasteiger partial charge >= 0.3 is 5.97 Å². The van der Waals surface area contributed by atoms with Crippen LogP contribution in [0.1, 0.15) is 30.4 Å². The van der Waals surface area contributed by atoms with Gasteiger partial charge in [0, 0.05) is 32.0 Å². The van der Waals surface area contributed by atoms with E-state index in [4.69, 9.17) is 14.2 Å². The molecule has 3 heterocycles. The molecule has 0 aromatic heterocycles. The van der Waals surface area contributed by atoms with E-state index < -0.39 is 12.1 Å². The number of esters is 1. The Kier molecular flexibility index (Phi) is 2.83. The molecule has 1 saturated heterocycles. The van der Waals surface area contributed by atoms with Gasteiger partial charge in [0.15, 0.2) is 23.4 Å². The topological polar surface area (TPSA) is 65.1 Å². The third-order valence-electron chi connectivity index (χ3n) is 5.40. The monoisotopic (exact) mass is 327 g/mol. The van der Waals surface area contributed by atoms with E-state index >= 15 is 0 Å². The maximum absolute atomic E-state index is 12.6. The number of hydrogen-bond donors (Lipinski definition) is 0. The number of fused-ring (bicyclic) bond motifs is 3. The van der Waals surface area contributed by atoms with Crippen LogP contribution in [0.4, 0.5) is 0 Å².